The van der Waals surface area contributed by atoms with E-state index in [4.69, 9.17) is 11.6 Å². The molecule has 7 heteroatoms. The van der Waals surface area contributed by atoms with Gasteiger partial charge in [0, 0.05) is 23.1 Å². The summed E-state index contributed by atoms with van der Waals surface area (Å²) in [6.07, 6.45) is 0. The number of benzene rings is 2. The summed E-state index contributed by atoms with van der Waals surface area (Å²) in [4.78, 5) is 8.57. The van der Waals surface area contributed by atoms with E-state index < -0.39 is 5.82 Å². The van der Waals surface area contributed by atoms with E-state index in [0.717, 1.165) is 0 Å². The molecule has 2 N–H and O–H groups in total. The first-order chi connectivity index (χ1) is 11.5. The van der Waals surface area contributed by atoms with E-state index in [0.29, 0.717) is 28.8 Å². The number of nitrogens with zero attached hydrogens (tertiary/aromatic N) is 2. The normalized spacial score (nSPS) is 10.5. The van der Waals surface area contributed by atoms with Gasteiger partial charge in [0.15, 0.2) is 0 Å². The van der Waals surface area contributed by atoms with Crippen molar-refractivity contribution in [2.24, 2.45) is 0 Å². The van der Waals surface area contributed by atoms with Gasteiger partial charge in [-0.3, -0.25) is 0 Å². The summed E-state index contributed by atoms with van der Waals surface area (Å²) < 4.78 is 26.5. The summed E-state index contributed by atoms with van der Waals surface area (Å²) in [5, 5.41) is 6.00. The number of aryl methyl sites for hydroxylation is 1. The highest BCUT2D eigenvalue weighted by Gasteiger charge is 2.06. The van der Waals surface area contributed by atoms with Crippen molar-refractivity contribution in [3.05, 3.63) is 70.9 Å². The number of nitrogens with one attached hydrogen (secondary N) is 2. The van der Waals surface area contributed by atoms with Crippen molar-refractivity contribution in [3.8, 4) is 0 Å². The third-order valence-corrected chi connectivity index (χ3v) is 3.42. The molecule has 0 atom stereocenters. The summed E-state index contributed by atoms with van der Waals surface area (Å²) in [6.45, 7) is 1.81. The van der Waals surface area contributed by atoms with Gasteiger partial charge < -0.3 is 10.6 Å². The van der Waals surface area contributed by atoms with Crippen LogP contribution in [0.25, 0.3) is 0 Å². The Hall–Kier alpha value is -2.73. The first-order valence-corrected chi connectivity index (χ1v) is 7.48. The van der Waals surface area contributed by atoms with Crippen LogP contribution in [-0.2, 0) is 0 Å². The third kappa shape index (κ3) is 3.97. The SMILES string of the molecule is Cc1cc(Nc2ccc(F)c(Cl)c2)nc(Nc2cccc(F)c2)n1. The van der Waals surface area contributed by atoms with Crippen LogP contribution in [0, 0.1) is 18.6 Å². The molecule has 0 saturated heterocycles. The van der Waals surface area contributed by atoms with Crippen molar-refractivity contribution >= 4 is 34.7 Å². The Balaban J connectivity index is 1.84. The van der Waals surface area contributed by atoms with Crippen molar-refractivity contribution in [3.63, 3.8) is 0 Å². The van der Waals surface area contributed by atoms with E-state index in [9.17, 15) is 8.78 Å². The molecule has 3 aromatic rings. The minimum Gasteiger partial charge on any atom is -0.340 e. The molecule has 24 heavy (non-hydrogen) atoms. The average Bonchev–Trinajstić information content (AvgIpc) is 2.50. The van der Waals surface area contributed by atoms with Crippen LogP contribution in [0.1, 0.15) is 5.69 Å². The van der Waals surface area contributed by atoms with E-state index in [1.165, 1.54) is 24.3 Å². The van der Waals surface area contributed by atoms with Crippen LogP contribution in [0.4, 0.5) is 31.9 Å². The highest BCUT2D eigenvalue weighted by molar-refractivity contribution is 6.31. The molecule has 0 radical (unpaired) electrons. The number of hydrogen-bond donors (Lipinski definition) is 2. The van der Waals surface area contributed by atoms with Gasteiger partial charge in [-0.2, -0.15) is 4.98 Å². The minimum atomic E-state index is -0.491. The predicted octanol–water partition coefficient (Wildman–Crippen LogP) is 5.20. The topological polar surface area (TPSA) is 49.8 Å². The average molecular weight is 347 g/mol. The summed E-state index contributed by atoms with van der Waals surface area (Å²) in [5.41, 5.74) is 1.84. The molecule has 0 aliphatic rings. The lowest BCUT2D eigenvalue weighted by molar-refractivity contribution is 0.628. The van der Waals surface area contributed by atoms with Gasteiger partial charge in [0.2, 0.25) is 5.95 Å². The molecule has 0 saturated carbocycles. The summed E-state index contributed by atoms with van der Waals surface area (Å²) in [5.74, 6) is -0.0260. The van der Waals surface area contributed by atoms with Crippen LogP contribution in [0.2, 0.25) is 5.02 Å². The van der Waals surface area contributed by atoms with Gasteiger partial charge in [-0.25, -0.2) is 13.8 Å². The molecule has 3 rings (SSSR count). The second-order valence-corrected chi connectivity index (χ2v) is 5.51. The van der Waals surface area contributed by atoms with Crippen LogP contribution < -0.4 is 10.6 Å². The lowest BCUT2D eigenvalue weighted by atomic mass is 10.3. The first kappa shape index (κ1) is 16.1. The van der Waals surface area contributed by atoms with Crippen molar-refractivity contribution in [2.45, 2.75) is 6.92 Å². The molecule has 0 aliphatic carbocycles. The molecule has 1 heterocycles. The van der Waals surface area contributed by atoms with Crippen molar-refractivity contribution in [1.82, 2.24) is 9.97 Å². The molecule has 1 aromatic heterocycles. The highest BCUT2D eigenvalue weighted by Crippen LogP contribution is 2.23. The van der Waals surface area contributed by atoms with Gasteiger partial charge in [-0.15, -0.1) is 0 Å². The van der Waals surface area contributed by atoms with Crippen LogP contribution >= 0.6 is 11.6 Å². The Morgan fingerprint density at radius 3 is 2.46 bits per heavy atom. The van der Waals surface area contributed by atoms with E-state index in [2.05, 4.69) is 20.6 Å². The molecule has 2 aromatic carbocycles. The van der Waals surface area contributed by atoms with Gasteiger partial charge in [0.25, 0.3) is 0 Å². The molecule has 0 bridgehead atoms. The van der Waals surface area contributed by atoms with Crippen molar-refractivity contribution in [1.29, 1.82) is 0 Å². The number of hydrogen-bond acceptors (Lipinski definition) is 4. The number of halogens is 3. The fourth-order valence-electron chi connectivity index (χ4n) is 2.11. The Kier molecular flexibility index (Phi) is 4.57. The molecule has 0 fully saturated rings. The van der Waals surface area contributed by atoms with Gasteiger partial charge in [-0.05, 0) is 43.3 Å². The Labute approximate surface area is 142 Å². The molecular formula is C17H13ClF2N4. The monoisotopic (exact) mass is 346 g/mol. The van der Waals surface area contributed by atoms with E-state index >= 15 is 0 Å². The maximum atomic E-state index is 13.3. The molecular weight excluding hydrogens is 334 g/mol. The van der Waals surface area contributed by atoms with Crippen molar-refractivity contribution in [2.75, 3.05) is 10.6 Å². The predicted molar refractivity (Wildman–Crippen MR) is 91.1 cm³/mol. The molecule has 122 valence electrons. The first-order valence-electron chi connectivity index (χ1n) is 7.10. The molecule has 0 amide bonds. The summed E-state index contributed by atoms with van der Waals surface area (Å²) in [6, 6.07) is 12.0. The highest BCUT2D eigenvalue weighted by atomic mass is 35.5. The van der Waals surface area contributed by atoms with Crippen molar-refractivity contribution < 1.29 is 8.78 Å². The van der Waals surface area contributed by atoms with Gasteiger partial charge >= 0.3 is 0 Å². The standard InChI is InChI=1S/C17H13ClF2N4/c1-10-7-16(22-13-5-6-15(20)14(18)9-13)24-17(21-10)23-12-4-2-3-11(19)8-12/h2-9H,1H3,(H2,21,22,23,24). The minimum absolute atomic E-state index is 0.0175. The smallest absolute Gasteiger partial charge is 0.229 e. The molecule has 0 spiro atoms. The lowest BCUT2D eigenvalue weighted by Gasteiger charge is -2.10. The van der Waals surface area contributed by atoms with Crippen LogP contribution in [0.15, 0.2) is 48.5 Å². The Morgan fingerprint density at radius 1 is 0.917 bits per heavy atom. The lowest BCUT2D eigenvalue weighted by Crippen LogP contribution is -2.02. The van der Waals surface area contributed by atoms with E-state index in [1.807, 2.05) is 0 Å². The maximum absolute atomic E-state index is 13.3. The fourth-order valence-corrected chi connectivity index (χ4v) is 2.29. The number of aromatic nitrogens is 2. The zero-order chi connectivity index (χ0) is 17.1. The summed E-state index contributed by atoms with van der Waals surface area (Å²) >= 11 is 5.77. The third-order valence-electron chi connectivity index (χ3n) is 3.13. The molecule has 0 aliphatic heterocycles. The quantitative estimate of drug-likeness (QED) is 0.681. The second-order valence-electron chi connectivity index (χ2n) is 5.11. The zero-order valence-corrected chi connectivity index (χ0v) is 13.4. The van der Waals surface area contributed by atoms with Crippen LogP contribution in [0.3, 0.4) is 0 Å². The largest absolute Gasteiger partial charge is 0.340 e. The van der Waals surface area contributed by atoms with Gasteiger partial charge in [0.05, 0.1) is 5.02 Å². The van der Waals surface area contributed by atoms with Crippen LogP contribution in [-0.4, -0.2) is 9.97 Å². The van der Waals surface area contributed by atoms with E-state index in [1.54, 1.807) is 31.2 Å². The molecule has 0 unspecified atom stereocenters. The maximum Gasteiger partial charge on any atom is 0.229 e. The Bertz CT molecular complexity index is 886. The fraction of sp³-hybridized carbons (Fsp3) is 0.0588. The van der Waals surface area contributed by atoms with Crippen LogP contribution in [0.5, 0.6) is 0 Å². The molecule has 4 nitrogen and oxygen atoms in total. The second kappa shape index (κ2) is 6.80. The van der Waals surface area contributed by atoms with Gasteiger partial charge in [-0.1, -0.05) is 17.7 Å². The number of anilines is 4. The Morgan fingerprint density at radius 2 is 1.71 bits per heavy atom. The zero-order valence-electron chi connectivity index (χ0n) is 12.6. The summed E-state index contributed by atoms with van der Waals surface area (Å²) in [7, 11) is 0. The van der Waals surface area contributed by atoms with Gasteiger partial charge in [0.1, 0.15) is 17.5 Å². The number of rotatable bonds is 4. The van der Waals surface area contributed by atoms with E-state index in [-0.39, 0.29) is 10.8 Å².